The van der Waals surface area contributed by atoms with E-state index in [2.05, 4.69) is 22.5 Å². The summed E-state index contributed by atoms with van der Waals surface area (Å²) in [7, 11) is 0. The Bertz CT molecular complexity index is 764. The van der Waals surface area contributed by atoms with E-state index in [0.29, 0.717) is 11.3 Å². The molecule has 4 N–H and O–H groups in total. The van der Waals surface area contributed by atoms with Crippen LogP contribution in [0.3, 0.4) is 0 Å². The first-order valence-corrected chi connectivity index (χ1v) is 7.23. The summed E-state index contributed by atoms with van der Waals surface area (Å²) in [4.78, 5) is 22.3. The van der Waals surface area contributed by atoms with E-state index in [-0.39, 0.29) is 13.2 Å². The molecule has 0 spiro atoms. The molecule has 0 saturated heterocycles. The summed E-state index contributed by atoms with van der Waals surface area (Å²) in [5.74, 6) is 5.68. The Morgan fingerprint density at radius 1 is 1.08 bits per heavy atom. The van der Waals surface area contributed by atoms with Gasteiger partial charge in [-0.2, -0.15) is 0 Å². The largest absolute Gasteiger partial charge is 0.445 e. The molecule has 2 aromatic rings. The van der Waals surface area contributed by atoms with Crippen molar-refractivity contribution in [2.45, 2.75) is 6.61 Å². The standard InChI is InChI=1S/C18H17N3O3/c19-17(22)21-16-10-4-8-14(12-16)9-5-11-20-18(23)24-13-15-6-2-1-3-7-15/h1-4,6-8,10,12H,11,13H2,(H,20,23)(H3,19,21,22). The topological polar surface area (TPSA) is 93.5 Å². The van der Waals surface area contributed by atoms with Gasteiger partial charge in [-0.25, -0.2) is 9.59 Å². The minimum atomic E-state index is -0.636. The smallest absolute Gasteiger partial charge is 0.408 e. The molecule has 24 heavy (non-hydrogen) atoms. The molecule has 2 aromatic carbocycles. The van der Waals surface area contributed by atoms with Gasteiger partial charge in [-0.15, -0.1) is 0 Å². The predicted molar refractivity (Wildman–Crippen MR) is 91.2 cm³/mol. The molecule has 0 aliphatic heterocycles. The van der Waals surface area contributed by atoms with Crippen molar-refractivity contribution >= 4 is 17.8 Å². The van der Waals surface area contributed by atoms with Crippen LogP contribution >= 0.6 is 0 Å². The van der Waals surface area contributed by atoms with Crippen molar-refractivity contribution in [3.63, 3.8) is 0 Å². The minimum absolute atomic E-state index is 0.154. The number of carbonyl (C=O) groups is 2. The zero-order valence-electron chi connectivity index (χ0n) is 12.9. The molecule has 0 saturated carbocycles. The lowest BCUT2D eigenvalue weighted by atomic mass is 10.2. The molecule has 0 fully saturated rings. The molecule has 0 heterocycles. The Labute approximate surface area is 140 Å². The third kappa shape index (κ3) is 6.12. The van der Waals surface area contributed by atoms with Gasteiger partial charge in [-0.05, 0) is 23.8 Å². The molecule has 3 amide bonds. The van der Waals surface area contributed by atoms with E-state index in [1.807, 2.05) is 30.3 Å². The van der Waals surface area contributed by atoms with E-state index in [1.165, 1.54) is 0 Å². The fourth-order valence-corrected chi connectivity index (χ4v) is 1.85. The van der Waals surface area contributed by atoms with E-state index in [1.54, 1.807) is 24.3 Å². The molecule has 2 rings (SSSR count). The van der Waals surface area contributed by atoms with Gasteiger partial charge in [0.1, 0.15) is 6.61 Å². The molecule has 122 valence electrons. The molecule has 6 heteroatoms. The predicted octanol–water partition coefficient (Wildman–Crippen LogP) is 2.46. The van der Waals surface area contributed by atoms with Crippen LogP contribution in [0, 0.1) is 11.8 Å². The maximum absolute atomic E-state index is 11.5. The zero-order valence-corrected chi connectivity index (χ0v) is 12.9. The number of rotatable bonds is 4. The van der Waals surface area contributed by atoms with Crippen LogP contribution in [-0.4, -0.2) is 18.7 Å². The van der Waals surface area contributed by atoms with E-state index < -0.39 is 12.1 Å². The average Bonchev–Trinajstić information content (AvgIpc) is 2.58. The van der Waals surface area contributed by atoms with Gasteiger partial charge < -0.3 is 21.1 Å². The van der Waals surface area contributed by atoms with Crippen molar-refractivity contribution in [3.05, 3.63) is 65.7 Å². The number of benzene rings is 2. The summed E-state index contributed by atoms with van der Waals surface area (Å²) in [6, 6.07) is 15.7. The molecule has 0 radical (unpaired) electrons. The van der Waals surface area contributed by atoms with Gasteiger partial charge >= 0.3 is 12.1 Å². The number of amides is 3. The third-order valence-corrected chi connectivity index (χ3v) is 2.90. The molecular weight excluding hydrogens is 306 g/mol. The Morgan fingerprint density at radius 2 is 1.88 bits per heavy atom. The monoisotopic (exact) mass is 323 g/mol. The second kappa shape index (κ2) is 8.86. The number of nitrogens with two attached hydrogens (primary N) is 1. The number of alkyl carbamates (subject to hydrolysis) is 1. The molecule has 0 aliphatic rings. The van der Waals surface area contributed by atoms with Gasteiger partial charge in [0.2, 0.25) is 0 Å². The highest BCUT2D eigenvalue weighted by Crippen LogP contribution is 2.09. The van der Waals surface area contributed by atoms with E-state index in [4.69, 9.17) is 10.5 Å². The van der Waals surface area contributed by atoms with Crippen LogP contribution in [-0.2, 0) is 11.3 Å². The first-order valence-electron chi connectivity index (χ1n) is 7.23. The van der Waals surface area contributed by atoms with Gasteiger partial charge in [0, 0.05) is 11.3 Å². The van der Waals surface area contributed by atoms with Gasteiger partial charge in [0.05, 0.1) is 6.54 Å². The molecule has 6 nitrogen and oxygen atoms in total. The lowest BCUT2D eigenvalue weighted by molar-refractivity contribution is 0.141. The van der Waals surface area contributed by atoms with Crippen LogP contribution in [0.15, 0.2) is 54.6 Å². The third-order valence-electron chi connectivity index (χ3n) is 2.90. The van der Waals surface area contributed by atoms with Crippen LogP contribution in [0.2, 0.25) is 0 Å². The summed E-state index contributed by atoms with van der Waals surface area (Å²) >= 11 is 0. The maximum Gasteiger partial charge on any atom is 0.408 e. The van der Waals surface area contributed by atoms with Crippen molar-refractivity contribution in [2.24, 2.45) is 5.73 Å². The molecule has 0 bridgehead atoms. The Hall–Kier alpha value is -3.46. The highest BCUT2D eigenvalue weighted by Gasteiger charge is 2.00. The lowest BCUT2D eigenvalue weighted by Gasteiger charge is -2.04. The number of urea groups is 1. The van der Waals surface area contributed by atoms with Crippen LogP contribution < -0.4 is 16.4 Å². The Kier molecular flexibility index (Phi) is 6.24. The second-order valence-corrected chi connectivity index (χ2v) is 4.79. The quantitative estimate of drug-likeness (QED) is 0.754. The molecule has 0 aromatic heterocycles. The van der Waals surface area contributed by atoms with Gasteiger partial charge in [-0.3, -0.25) is 0 Å². The van der Waals surface area contributed by atoms with Crippen molar-refractivity contribution in [1.82, 2.24) is 5.32 Å². The first-order chi connectivity index (χ1) is 11.6. The summed E-state index contributed by atoms with van der Waals surface area (Å²) in [5.41, 5.74) is 7.22. The highest BCUT2D eigenvalue weighted by atomic mass is 16.5. The van der Waals surface area contributed by atoms with Gasteiger partial charge in [-0.1, -0.05) is 48.2 Å². The maximum atomic E-state index is 11.5. The Morgan fingerprint density at radius 3 is 2.62 bits per heavy atom. The highest BCUT2D eigenvalue weighted by molar-refractivity contribution is 5.87. The molecular formula is C18H17N3O3. The summed E-state index contributed by atoms with van der Waals surface area (Å²) < 4.78 is 5.06. The number of nitrogens with one attached hydrogen (secondary N) is 2. The number of carbonyl (C=O) groups excluding carboxylic acids is 2. The van der Waals surface area contributed by atoms with Crippen molar-refractivity contribution in [2.75, 3.05) is 11.9 Å². The second-order valence-electron chi connectivity index (χ2n) is 4.79. The van der Waals surface area contributed by atoms with Gasteiger partial charge in [0.25, 0.3) is 0 Å². The van der Waals surface area contributed by atoms with E-state index in [0.717, 1.165) is 5.56 Å². The molecule has 0 unspecified atom stereocenters. The summed E-state index contributed by atoms with van der Waals surface area (Å²) in [6.07, 6.45) is -0.530. The van der Waals surface area contributed by atoms with Crippen LogP contribution in [0.1, 0.15) is 11.1 Å². The van der Waals surface area contributed by atoms with Crippen molar-refractivity contribution in [1.29, 1.82) is 0 Å². The van der Waals surface area contributed by atoms with Crippen LogP contribution in [0.25, 0.3) is 0 Å². The first kappa shape index (κ1) is 16.9. The Balaban J connectivity index is 1.77. The number of primary amides is 1. The normalized spacial score (nSPS) is 9.33. The van der Waals surface area contributed by atoms with Crippen molar-refractivity contribution in [3.8, 4) is 11.8 Å². The van der Waals surface area contributed by atoms with Crippen molar-refractivity contribution < 1.29 is 14.3 Å². The fraction of sp³-hybridized carbons (Fsp3) is 0.111. The van der Waals surface area contributed by atoms with Gasteiger partial charge in [0.15, 0.2) is 0 Å². The fourth-order valence-electron chi connectivity index (χ4n) is 1.85. The summed E-state index contributed by atoms with van der Waals surface area (Å²) in [5, 5.41) is 5.01. The van der Waals surface area contributed by atoms with Crippen LogP contribution in [0.5, 0.6) is 0 Å². The number of ether oxygens (including phenoxy) is 1. The lowest BCUT2D eigenvalue weighted by Crippen LogP contribution is -2.24. The summed E-state index contributed by atoms with van der Waals surface area (Å²) in [6.45, 7) is 0.363. The van der Waals surface area contributed by atoms with E-state index in [9.17, 15) is 9.59 Å². The number of anilines is 1. The number of hydrogen-bond donors (Lipinski definition) is 3. The zero-order chi connectivity index (χ0) is 17.2. The SMILES string of the molecule is NC(=O)Nc1cccc(C#CCNC(=O)OCc2ccccc2)c1. The number of hydrogen-bond acceptors (Lipinski definition) is 3. The minimum Gasteiger partial charge on any atom is -0.445 e. The van der Waals surface area contributed by atoms with Crippen LogP contribution in [0.4, 0.5) is 15.3 Å². The van der Waals surface area contributed by atoms with E-state index >= 15 is 0 Å². The average molecular weight is 323 g/mol. The molecule has 0 aliphatic carbocycles. The molecule has 0 atom stereocenters.